The van der Waals surface area contributed by atoms with Crippen molar-refractivity contribution in [1.29, 1.82) is 0 Å². The molecular formula is C14H14N4O2S. The Balaban J connectivity index is 1.82. The van der Waals surface area contributed by atoms with Gasteiger partial charge in [0.1, 0.15) is 5.01 Å². The normalized spacial score (nSPS) is 17.0. The monoisotopic (exact) mass is 302 g/mol. The van der Waals surface area contributed by atoms with Crippen LogP contribution < -0.4 is 10.6 Å². The third kappa shape index (κ3) is 2.78. The maximum Gasteiger partial charge on any atom is 0.234 e. The van der Waals surface area contributed by atoms with Crippen molar-refractivity contribution in [1.82, 2.24) is 10.2 Å². The molecule has 2 amide bonds. The van der Waals surface area contributed by atoms with E-state index in [1.807, 2.05) is 25.1 Å². The van der Waals surface area contributed by atoms with Gasteiger partial charge in [0, 0.05) is 12.1 Å². The fourth-order valence-electron chi connectivity index (χ4n) is 2.28. The molecule has 2 aromatic rings. The number of anilines is 2. The number of amides is 2. The maximum atomic E-state index is 12.4. The molecule has 0 saturated carbocycles. The molecule has 2 heterocycles. The number of rotatable bonds is 3. The molecule has 0 radical (unpaired) electrons. The van der Waals surface area contributed by atoms with Gasteiger partial charge in [-0.3, -0.25) is 14.9 Å². The second kappa shape index (κ2) is 5.61. The van der Waals surface area contributed by atoms with E-state index in [1.165, 1.54) is 11.3 Å². The Morgan fingerprint density at radius 1 is 1.43 bits per heavy atom. The summed E-state index contributed by atoms with van der Waals surface area (Å²) < 4.78 is 0. The van der Waals surface area contributed by atoms with E-state index >= 15 is 0 Å². The van der Waals surface area contributed by atoms with Crippen LogP contribution in [-0.4, -0.2) is 22.0 Å². The number of carbonyl (C=O) groups excluding carboxylic acids is 2. The van der Waals surface area contributed by atoms with E-state index in [9.17, 15) is 9.59 Å². The van der Waals surface area contributed by atoms with Gasteiger partial charge >= 0.3 is 0 Å². The lowest BCUT2D eigenvalue weighted by atomic mass is 9.90. The lowest BCUT2D eigenvalue weighted by molar-refractivity contribution is -0.123. The van der Waals surface area contributed by atoms with Crippen LogP contribution in [-0.2, 0) is 16.0 Å². The van der Waals surface area contributed by atoms with E-state index in [1.54, 1.807) is 6.07 Å². The first kappa shape index (κ1) is 13.7. The summed E-state index contributed by atoms with van der Waals surface area (Å²) in [6.07, 6.45) is 0.921. The smallest absolute Gasteiger partial charge is 0.234 e. The highest BCUT2D eigenvalue weighted by atomic mass is 32.1. The van der Waals surface area contributed by atoms with Gasteiger partial charge in [0.05, 0.1) is 5.92 Å². The SMILES string of the molecule is CCc1nnc(NC(=O)C2CC(=O)Nc3ccccc32)s1. The second-order valence-corrected chi connectivity index (χ2v) is 5.80. The van der Waals surface area contributed by atoms with E-state index in [0.717, 1.165) is 17.0 Å². The Morgan fingerprint density at radius 2 is 2.24 bits per heavy atom. The first-order chi connectivity index (χ1) is 10.2. The summed E-state index contributed by atoms with van der Waals surface area (Å²) in [5, 5.41) is 14.8. The Morgan fingerprint density at radius 3 is 3.00 bits per heavy atom. The number of hydrogen-bond donors (Lipinski definition) is 2. The molecule has 0 spiro atoms. The van der Waals surface area contributed by atoms with E-state index < -0.39 is 5.92 Å². The third-order valence-electron chi connectivity index (χ3n) is 3.32. The van der Waals surface area contributed by atoms with E-state index in [4.69, 9.17) is 0 Å². The Bertz CT molecular complexity index is 698. The summed E-state index contributed by atoms with van der Waals surface area (Å²) in [4.78, 5) is 24.1. The topological polar surface area (TPSA) is 84.0 Å². The van der Waals surface area contributed by atoms with Gasteiger partial charge in [-0.1, -0.05) is 36.5 Å². The fraction of sp³-hybridized carbons (Fsp3) is 0.286. The molecule has 0 bridgehead atoms. The van der Waals surface area contributed by atoms with Crippen LogP contribution >= 0.6 is 11.3 Å². The van der Waals surface area contributed by atoms with Crippen molar-refractivity contribution in [2.75, 3.05) is 10.6 Å². The van der Waals surface area contributed by atoms with Gasteiger partial charge in [-0.05, 0) is 18.1 Å². The number of carbonyl (C=O) groups is 2. The lowest BCUT2D eigenvalue weighted by Gasteiger charge is -2.24. The minimum absolute atomic E-state index is 0.141. The highest BCUT2D eigenvalue weighted by Gasteiger charge is 2.30. The number of fused-ring (bicyclic) bond motifs is 1. The van der Waals surface area contributed by atoms with Gasteiger partial charge in [-0.25, -0.2) is 0 Å². The highest BCUT2D eigenvalue weighted by Crippen LogP contribution is 2.33. The molecule has 21 heavy (non-hydrogen) atoms. The first-order valence-corrected chi connectivity index (χ1v) is 7.51. The van der Waals surface area contributed by atoms with Crippen LogP contribution in [0.4, 0.5) is 10.8 Å². The number of aryl methyl sites for hydroxylation is 1. The van der Waals surface area contributed by atoms with Crippen LogP contribution in [0.2, 0.25) is 0 Å². The maximum absolute atomic E-state index is 12.4. The zero-order chi connectivity index (χ0) is 14.8. The van der Waals surface area contributed by atoms with Gasteiger partial charge < -0.3 is 5.32 Å². The van der Waals surface area contributed by atoms with Crippen LogP contribution in [0.5, 0.6) is 0 Å². The van der Waals surface area contributed by atoms with Crippen LogP contribution in [0.3, 0.4) is 0 Å². The molecule has 0 fully saturated rings. The molecule has 7 heteroatoms. The van der Waals surface area contributed by atoms with Crippen molar-refractivity contribution >= 4 is 34.0 Å². The van der Waals surface area contributed by atoms with Gasteiger partial charge in [0.2, 0.25) is 16.9 Å². The predicted octanol–water partition coefficient (Wildman–Crippen LogP) is 2.17. The summed E-state index contributed by atoms with van der Waals surface area (Å²) in [5.74, 6) is -0.875. The molecule has 2 N–H and O–H groups in total. The lowest BCUT2D eigenvalue weighted by Crippen LogP contribution is -2.30. The average molecular weight is 302 g/mol. The number of aromatic nitrogens is 2. The van der Waals surface area contributed by atoms with Crippen molar-refractivity contribution in [3.63, 3.8) is 0 Å². The fourth-order valence-corrected chi connectivity index (χ4v) is 2.97. The number of nitrogens with zero attached hydrogens (tertiary/aromatic N) is 2. The summed E-state index contributed by atoms with van der Waals surface area (Å²) in [5.41, 5.74) is 1.52. The van der Waals surface area contributed by atoms with Crippen molar-refractivity contribution in [3.8, 4) is 0 Å². The van der Waals surface area contributed by atoms with Crippen molar-refractivity contribution in [2.45, 2.75) is 25.7 Å². The number of para-hydroxylation sites is 1. The molecule has 1 aliphatic heterocycles. The van der Waals surface area contributed by atoms with Crippen LogP contribution in [0.25, 0.3) is 0 Å². The second-order valence-electron chi connectivity index (χ2n) is 4.74. The molecule has 1 aromatic carbocycles. The summed E-state index contributed by atoms with van der Waals surface area (Å²) in [6, 6.07) is 7.35. The van der Waals surface area contributed by atoms with Gasteiger partial charge in [-0.15, -0.1) is 10.2 Å². The molecule has 108 valence electrons. The molecule has 0 saturated heterocycles. The molecule has 1 aliphatic rings. The van der Waals surface area contributed by atoms with Crippen molar-refractivity contribution < 1.29 is 9.59 Å². The minimum Gasteiger partial charge on any atom is -0.326 e. The minimum atomic E-state index is -0.496. The Kier molecular flexibility index (Phi) is 3.66. The van der Waals surface area contributed by atoms with Crippen LogP contribution in [0.1, 0.15) is 29.8 Å². The molecule has 1 aromatic heterocycles. The van der Waals surface area contributed by atoms with E-state index in [-0.39, 0.29) is 18.2 Å². The standard InChI is InChI=1S/C14H14N4O2S/c1-2-12-17-18-14(21-12)16-13(20)9-7-11(19)15-10-6-4-3-5-8(9)10/h3-6,9H,2,7H2,1H3,(H,15,19)(H,16,18,20). The van der Waals surface area contributed by atoms with Gasteiger partial charge in [0.15, 0.2) is 0 Å². The van der Waals surface area contributed by atoms with E-state index in [2.05, 4.69) is 20.8 Å². The Hall–Kier alpha value is -2.28. The third-order valence-corrected chi connectivity index (χ3v) is 4.30. The van der Waals surface area contributed by atoms with Crippen molar-refractivity contribution in [3.05, 3.63) is 34.8 Å². The molecule has 3 rings (SSSR count). The van der Waals surface area contributed by atoms with E-state index in [0.29, 0.717) is 10.8 Å². The summed E-state index contributed by atoms with van der Waals surface area (Å²) in [7, 11) is 0. The summed E-state index contributed by atoms with van der Waals surface area (Å²) in [6.45, 7) is 1.98. The molecule has 1 atom stereocenters. The first-order valence-electron chi connectivity index (χ1n) is 6.69. The van der Waals surface area contributed by atoms with Crippen LogP contribution in [0, 0.1) is 0 Å². The predicted molar refractivity (Wildman–Crippen MR) is 80.3 cm³/mol. The number of hydrogen-bond acceptors (Lipinski definition) is 5. The van der Waals surface area contributed by atoms with Gasteiger partial charge in [-0.2, -0.15) is 0 Å². The molecular weight excluding hydrogens is 288 g/mol. The number of benzene rings is 1. The van der Waals surface area contributed by atoms with Gasteiger partial charge in [0.25, 0.3) is 0 Å². The zero-order valence-electron chi connectivity index (χ0n) is 11.4. The molecule has 1 unspecified atom stereocenters. The molecule has 0 aliphatic carbocycles. The Labute approximate surface area is 125 Å². The largest absolute Gasteiger partial charge is 0.326 e. The number of nitrogens with one attached hydrogen (secondary N) is 2. The quantitative estimate of drug-likeness (QED) is 0.910. The summed E-state index contributed by atoms with van der Waals surface area (Å²) >= 11 is 1.35. The average Bonchev–Trinajstić information content (AvgIpc) is 2.94. The molecule has 6 nitrogen and oxygen atoms in total. The zero-order valence-corrected chi connectivity index (χ0v) is 12.2. The van der Waals surface area contributed by atoms with Crippen LogP contribution in [0.15, 0.2) is 24.3 Å². The van der Waals surface area contributed by atoms with Crippen molar-refractivity contribution in [2.24, 2.45) is 0 Å². The highest BCUT2D eigenvalue weighted by molar-refractivity contribution is 7.15.